The second kappa shape index (κ2) is 6.22. The van der Waals surface area contributed by atoms with E-state index in [0.29, 0.717) is 12.1 Å². The molecule has 2 aromatic carbocycles. The molecule has 0 aliphatic heterocycles. The van der Waals surface area contributed by atoms with Crippen LogP contribution in [-0.4, -0.2) is 12.0 Å². The summed E-state index contributed by atoms with van der Waals surface area (Å²) in [5.74, 6) is -0.315. The Balaban J connectivity index is 2.27. The standard InChI is InChI=1S/C17H19FN2S/c1-11-4-5-16(12(2)6-11)20(3)10-13-7-14(17(19)21)9-15(18)8-13/h4-9H,10H2,1-3H3,(H2,19,21). The van der Waals surface area contributed by atoms with E-state index in [2.05, 4.69) is 36.9 Å². The van der Waals surface area contributed by atoms with E-state index in [-0.39, 0.29) is 10.8 Å². The summed E-state index contributed by atoms with van der Waals surface area (Å²) in [5, 5.41) is 0. The van der Waals surface area contributed by atoms with Crippen molar-refractivity contribution in [2.24, 2.45) is 5.73 Å². The zero-order valence-electron chi connectivity index (χ0n) is 12.5. The minimum absolute atomic E-state index is 0.213. The van der Waals surface area contributed by atoms with Crippen molar-refractivity contribution in [3.63, 3.8) is 0 Å². The summed E-state index contributed by atoms with van der Waals surface area (Å²) in [6, 6.07) is 11.0. The average Bonchev–Trinajstić information content (AvgIpc) is 2.37. The molecule has 0 saturated carbocycles. The highest BCUT2D eigenvalue weighted by molar-refractivity contribution is 7.80. The van der Waals surface area contributed by atoms with Gasteiger partial charge in [0.15, 0.2) is 0 Å². The molecule has 2 nitrogen and oxygen atoms in total. The van der Waals surface area contributed by atoms with E-state index >= 15 is 0 Å². The van der Waals surface area contributed by atoms with Crippen LogP contribution in [0.4, 0.5) is 10.1 Å². The Bertz CT molecular complexity index is 682. The van der Waals surface area contributed by atoms with Crippen LogP contribution in [-0.2, 0) is 6.54 Å². The van der Waals surface area contributed by atoms with Crippen LogP contribution in [0.1, 0.15) is 22.3 Å². The number of hydrogen-bond acceptors (Lipinski definition) is 2. The van der Waals surface area contributed by atoms with Crippen molar-refractivity contribution in [2.75, 3.05) is 11.9 Å². The molecule has 0 aromatic heterocycles. The molecule has 2 N–H and O–H groups in total. The van der Waals surface area contributed by atoms with Crippen molar-refractivity contribution < 1.29 is 4.39 Å². The fourth-order valence-corrected chi connectivity index (χ4v) is 2.59. The van der Waals surface area contributed by atoms with E-state index < -0.39 is 0 Å². The number of rotatable bonds is 4. The second-order valence-electron chi connectivity index (χ2n) is 5.36. The number of nitrogens with zero attached hydrogens (tertiary/aromatic N) is 1. The normalized spacial score (nSPS) is 10.5. The predicted octanol–water partition coefficient (Wildman–Crippen LogP) is 3.71. The van der Waals surface area contributed by atoms with Gasteiger partial charge in [0.05, 0.1) is 0 Å². The molecular formula is C17H19FN2S. The van der Waals surface area contributed by atoms with Gasteiger partial charge in [-0.1, -0.05) is 29.9 Å². The van der Waals surface area contributed by atoms with Gasteiger partial charge in [0, 0.05) is 24.8 Å². The summed E-state index contributed by atoms with van der Waals surface area (Å²) < 4.78 is 13.6. The lowest BCUT2D eigenvalue weighted by Gasteiger charge is -2.22. The molecule has 0 saturated heterocycles. The first-order valence-electron chi connectivity index (χ1n) is 6.74. The Morgan fingerprint density at radius 1 is 1.19 bits per heavy atom. The molecule has 0 amide bonds. The van der Waals surface area contributed by atoms with Crippen LogP contribution in [0.15, 0.2) is 36.4 Å². The smallest absolute Gasteiger partial charge is 0.124 e. The van der Waals surface area contributed by atoms with Crippen LogP contribution in [0.2, 0.25) is 0 Å². The highest BCUT2D eigenvalue weighted by atomic mass is 32.1. The van der Waals surface area contributed by atoms with E-state index in [9.17, 15) is 4.39 Å². The number of thiocarbonyl (C=S) groups is 1. The maximum atomic E-state index is 13.6. The van der Waals surface area contributed by atoms with E-state index in [1.54, 1.807) is 0 Å². The Labute approximate surface area is 130 Å². The molecule has 0 bridgehead atoms. The van der Waals surface area contributed by atoms with Crippen molar-refractivity contribution in [3.05, 3.63) is 64.5 Å². The first-order chi connectivity index (χ1) is 9.86. The van der Waals surface area contributed by atoms with Gasteiger partial charge in [-0.2, -0.15) is 0 Å². The van der Waals surface area contributed by atoms with Gasteiger partial charge >= 0.3 is 0 Å². The topological polar surface area (TPSA) is 29.3 Å². The van der Waals surface area contributed by atoms with E-state index in [0.717, 1.165) is 11.3 Å². The lowest BCUT2D eigenvalue weighted by molar-refractivity contribution is 0.624. The molecule has 0 spiro atoms. The van der Waals surface area contributed by atoms with Crippen LogP contribution in [0.25, 0.3) is 0 Å². The molecule has 0 heterocycles. The summed E-state index contributed by atoms with van der Waals surface area (Å²) in [7, 11) is 1.99. The zero-order valence-corrected chi connectivity index (χ0v) is 13.3. The average molecular weight is 302 g/mol. The molecule has 0 fully saturated rings. The fourth-order valence-electron chi connectivity index (χ4n) is 2.48. The third kappa shape index (κ3) is 3.79. The summed E-state index contributed by atoms with van der Waals surface area (Å²) in [6.45, 7) is 4.74. The Kier molecular flexibility index (Phi) is 4.58. The van der Waals surface area contributed by atoms with Crippen LogP contribution in [0.5, 0.6) is 0 Å². The van der Waals surface area contributed by atoms with Gasteiger partial charge in [0.2, 0.25) is 0 Å². The molecule has 0 atom stereocenters. The quantitative estimate of drug-likeness (QED) is 0.873. The molecular weight excluding hydrogens is 283 g/mol. The van der Waals surface area contributed by atoms with Crippen LogP contribution in [0, 0.1) is 19.7 Å². The number of nitrogens with two attached hydrogens (primary N) is 1. The molecule has 21 heavy (non-hydrogen) atoms. The maximum absolute atomic E-state index is 13.6. The van der Waals surface area contributed by atoms with Crippen LogP contribution in [0.3, 0.4) is 0 Å². The summed E-state index contributed by atoms with van der Waals surface area (Å²) >= 11 is 4.92. The first kappa shape index (κ1) is 15.4. The highest BCUT2D eigenvalue weighted by Crippen LogP contribution is 2.22. The number of aryl methyl sites for hydroxylation is 2. The van der Waals surface area contributed by atoms with Crippen molar-refractivity contribution in [3.8, 4) is 0 Å². The minimum atomic E-state index is -0.315. The van der Waals surface area contributed by atoms with Gasteiger partial charge in [-0.05, 0) is 49.2 Å². The molecule has 0 aliphatic carbocycles. The Hall–Kier alpha value is -1.94. The number of hydrogen-bond donors (Lipinski definition) is 1. The van der Waals surface area contributed by atoms with Gasteiger partial charge in [-0.25, -0.2) is 4.39 Å². The van der Waals surface area contributed by atoms with Gasteiger partial charge in [0.1, 0.15) is 10.8 Å². The van der Waals surface area contributed by atoms with Crippen molar-refractivity contribution in [2.45, 2.75) is 20.4 Å². The van der Waals surface area contributed by atoms with Gasteiger partial charge in [0.25, 0.3) is 0 Å². The maximum Gasteiger partial charge on any atom is 0.124 e. The minimum Gasteiger partial charge on any atom is -0.389 e. The molecule has 0 radical (unpaired) electrons. The lowest BCUT2D eigenvalue weighted by Crippen LogP contribution is -2.18. The van der Waals surface area contributed by atoms with Gasteiger partial charge in [-0.15, -0.1) is 0 Å². The van der Waals surface area contributed by atoms with Crippen LogP contribution >= 0.6 is 12.2 Å². The number of benzene rings is 2. The zero-order chi connectivity index (χ0) is 15.6. The van der Waals surface area contributed by atoms with Gasteiger partial charge in [-0.3, -0.25) is 0 Å². The van der Waals surface area contributed by atoms with Gasteiger partial charge < -0.3 is 10.6 Å². The number of anilines is 1. The van der Waals surface area contributed by atoms with Crippen molar-refractivity contribution in [1.82, 2.24) is 0 Å². The monoisotopic (exact) mass is 302 g/mol. The van der Waals surface area contributed by atoms with E-state index in [1.807, 2.05) is 13.1 Å². The van der Waals surface area contributed by atoms with Crippen LogP contribution < -0.4 is 10.6 Å². The number of halogens is 1. The lowest BCUT2D eigenvalue weighted by atomic mass is 10.1. The Morgan fingerprint density at radius 2 is 1.90 bits per heavy atom. The Morgan fingerprint density at radius 3 is 2.52 bits per heavy atom. The molecule has 2 rings (SSSR count). The second-order valence-corrected chi connectivity index (χ2v) is 5.80. The summed E-state index contributed by atoms with van der Waals surface area (Å²) in [4.78, 5) is 2.30. The summed E-state index contributed by atoms with van der Waals surface area (Å²) in [6.07, 6.45) is 0. The highest BCUT2D eigenvalue weighted by Gasteiger charge is 2.08. The molecule has 0 unspecified atom stereocenters. The van der Waals surface area contributed by atoms with Crippen molar-refractivity contribution >= 4 is 22.9 Å². The third-order valence-electron chi connectivity index (χ3n) is 3.43. The van der Waals surface area contributed by atoms with Crippen molar-refractivity contribution in [1.29, 1.82) is 0 Å². The summed E-state index contributed by atoms with van der Waals surface area (Å²) in [5.41, 5.74) is 10.5. The SMILES string of the molecule is Cc1ccc(N(C)Cc2cc(F)cc(C(N)=S)c2)c(C)c1. The predicted molar refractivity (Wildman–Crippen MR) is 90.3 cm³/mol. The molecule has 0 aliphatic rings. The fraction of sp³-hybridized carbons (Fsp3) is 0.235. The molecule has 110 valence electrons. The van der Waals surface area contributed by atoms with E-state index in [4.69, 9.17) is 18.0 Å². The largest absolute Gasteiger partial charge is 0.389 e. The van der Waals surface area contributed by atoms with E-state index in [1.165, 1.54) is 23.3 Å². The first-order valence-corrected chi connectivity index (χ1v) is 7.15. The third-order valence-corrected chi connectivity index (χ3v) is 3.66. The molecule has 4 heteroatoms. The molecule has 2 aromatic rings.